The number of benzene rings is 2. The molecule has 1 unspecified atom stereocenters. The first-order valence-corrected chi connectivity index (χ1v) is 7.37. The van der Waals surface area contributed by atoms with E-state index in [1.807, 2.05) is 0 Å². The van der Waals surface area contributed by atoms with Gasteiger partial charge in [-0.05, 0) is 30.3 Å². The average Bonchev–Trinajstić information content (AvgIpc) is 2.59. The Morgan fingerprint density at radius 1 is 1.20 bits per heavy atom. The maximum absolute atomic E-state index is 12.8. The summed E-state index contributed by atoms with van der Waals surface area (Å²) in [5, 5.41) is 0. The number of carbonyl (C=O) groups is 2. The number of rotatable bonds is 4. The van der Waals surface area contributed by atoms with Gasteiger partial charge in [-0.15, -0.1) is 0 Å². The predicted octanol–water partition coefficient (Wildman–Crippen LogP) is 2.18. The lowest BCUT2D eigenvalue weighted by Crippen LogP contribution is -2.49. The van der Waals surface area contributed by atoms with Gasteiger partial charge in [0.25, 0.3) is 11.8 Å². The van der Waals surface area contributed by atoms with E-state index in [9.17, 15) is 18.4 Å². The highest BCUT2D eigenvalue weighted by Crippen LogP contribution is 2.34. The number of ether oxygens (including phenoxy) is 2. The average molecular weight is 348 g/mol. The molecule has 0 fully saturated rings. The van der Waals surface area contributed by atoms with Crippen molar-refractivity contribution in [1.82, 2.24) is 0 Å². The summed E-state index contributed by atoms with van der Waals surface area (Å²) < 4.78 is 34.5. The van der Waals surface area contributed by atoms with Crippen LogP contribution in [0.5, 0.6) is 11.5 Å². The largest absolute Gasteiger partial charge is 0.477 e. The molecule has 0 bridgehead atoms. The van der Waals surface area contributed by atoms with Crippen molar-refractivity contribution in [3.8, 4) is 11.5 Å². The van der Waals surface area contributed by atoms with Crippen LogP contribution < -0.4 is 20.1 Å². The van der Waals surface area contributed by atoms with Gasteiger partial charge >= 0.3 is 6.61 Å². The number of alkyl halides is 2. The fourth-order valence-electron chi connectivity index (χ4n) is 2.54. The molecule has 6 nitrogen and oxygen atoms in total. The molecule has 0 saturated carbocycles. The van der Waals surface area contributed by atoms with Gasteiger partial charge in [0.15, 0.2) is 6.10 Å². The van der Waals surface area contributed by atoms with Crippen molar-refractivity contribution in [2.45, 2.75) is 12.7 Å². The van der Waals surface area contributed by atoms with Crippen LogP contribution in [0.15, 0.2) is 48.5 Å². The molecule has 2 aromatic carbocycles. The maximum atomic E-state index is 12.8. The number of halogens is 2. The Hall–Kier alpha value is -3.16. The molecule has 3 rings (SSSR count). The van der Waals surface area contributed by atoms with Gasteiger partial charge in [-0.3, -0.25) is 9.59 Å². The first-order valence-electron chi connectivity index (χ1n) is 7.37. The number of hydrogen-bond donors (Lipinski definition) is 1. The lowest BCUT2D eigenvalue weighted by molar-refractivity contribution is -0.124. The van der Waals surface area contributed by atoms with Gasteiger partial charge < -0.3 is 20.1 Å². The number of primary amides is 1. The molecule has 0 saturated heterocycles. The summed E-state index contributed by atoms with van der Waals surface area (Å²) in [7, 11) is 0. The van der Waals surface area contributed by atoms with Gasteiger partial charge in [0.1, 0.15) is 11.5 Å². The monoisotopic (exact) mass is 348 g/mol. The number of hydrogen-bond acceptors (Lipinski definition) is 4. The van der Waals surface area contributed by atoms with Gasteiger partial charge in [-0.2, -0.15) is 8.78 Å². The summed E-state index contributed by atoms with van der Waals surface area (Å²) in [5.41, 5.74) is 5.90. The van der Waals surface area contributed by atoms with E-state index in [4.69, 9.17) is 10.5 Å². The van der Waals surface area contributed by atoms with Crippen LogP contribution in [0.1, 0.15) is 10.4 Å². The van der Waals surface area contributed by atoms with Crippen molar-refractivity contribution < 1.29 is 27.8 Å². The van der Waals surface area contributed by atoms with E-state index in [1.54, 1.807) is 24.3 Å². The summed E-state index contributed by atoms with van der Waals surface area (Å²) in [6, 6.07) is 12.1. The zero-order chi connectivity index (χ0) is 18.0. The van der Waals surface area contributed by atoms with E-state index >= 15 is 0 Å². The van der Waals surface area contributed by atoms with Crippen molar-refractivity contribution in [1.29, 1.82) is 0 Å². The van der Waals surface area contributed by atoms with Crippen LogP contribution in [0.25, 0.3) is 0 Å². The molecule has 2 N–H and O–H groups in total. The molecule has 2 aromatic rings. The Balaban J connectivity index is 1.94. The molecule has 1 aliphatic rings. The standard InChI is InChI=1S/C17H14F2N2O4/c18-17(19)24-11-5-3-4-10(8-11)16(23)21-9-14(15(20)22)25-13-7-2-1-6-12(13)21/h1-8,14,17H,9H2,(H2,20,22). The van der Waals surface area contributed by atoms with Crippen LogP contribution in [-0.4, -0.2) is 31.1 Å². The van der Waals surface area contributed by atoms with Crippen LogP contribution in [-0.2, 0) is 4.79 Å². The minimum atomic E-state index is -2.99. The Labute approximate surface area is 141 Å². The van der Waals surface area contributed by atoms with Crippen LogP contribution in [0.4, 0.5) is 14.5 Å². The normalized spacial score (nSPS) is 16.1. The topological polar surface area (TPSA) is 81.9 Å². The Morgan fingerprint density at radius 3 is 2.68 bits per heavy atom. The molecule has 25 heavy (non-hydrogen) atoms. The molecule has 0 aromatic heterocycles. The Bertz CT molecular complexity index is 813. The molecule has 2 amide bonds. The first kappa shape index (κ1) is 16.7. The lowest BCUT2D eigenvalue weighted by atomic mass is 10.1. The van der Waals surface area contributed by atoms with E-state index in [-0.39, 0.29) is 17.9 Å². The fourth-order valence-corrected chi connectivity index (χ4v) is 2.54. The van der Waals surface area contributed by atoms with E-state index in [0.717, 1.165) is 0 Å². The summed E-state index contributed by atoms with van der Waals surface area (Å²) >= 11 is 0. The van der Waals surface area contributed by atoms with Crippen LogP contribution in [0, 0.1) is 0 Å². The molecule has 1 aliphatic heterocycles. The number of anilines is 1. The minimum Gasteiger partial charge on any atom is -0.477 e. The SMILES string of the molecule is NC(=O)C1CN(C(=O)c2cccc(OC(F)F)c2)c2ccccc2O1. The third-order valence-corrected chi connectivity index (χ3v) is 3.64. The molecule has 1 heterocycles. The zero-order valence-corrected chi connectivity index (χ0v) is 12.9. The Morgan fingerprint density at radius 2 is 1.96 bits per heavy atom. The number of para-hydroxylation sites is 2. The maximum Gasteiger partial charge on any atom is 0.387 e. The molecule has 130 valence electrons. The van der Waals surface area contributed by atoms with Crippen LogP contribution in [0.3, 0.4) is 0 Å². The minimum absolute atomic E-state index is 0.0783. The molecule has 0 spiro atoms. The van der Waals surface area contributed by atoms with Crippen molar-refractivity contribution >= 4 is 17.5 Å². The number of carbonyl (C=O) groups excluding carboxylic acids is 2. The molecular weight excluding hydrogens is 334 g/mol. The van der Waals surface area contributed by atoms with Gasteiger partial charge in [0, 0.05) is 5.56 Å². The summed E-state index contributed by atoms with van der Waals surface area (Å²) in [6.07, 6.45) is -1.00. The fraction of sp³-hybridized carbons (Fsp3) is 0.176. The van der Waals surface area contributed by atoms with Gasteiger partial charge in [-0.1, -0.05) is 18.2 Å². The lowest BCUT2D eigenvalue weighted by Gasteiger charge is -2.33. The van der Waals surface area contributed by atoms with Crippen LogP contribution >= 0.6 is 0 Å². The molecule has 0 radical (unpaired) electrons. The predicted molar refractivity (Wildman–Crippen MR) is 84.8 cm³/mol. The summed E-state index contributed by atoms with van der Waals surface area (Å²) in [6.45, 7) is -3.07. The third kappa shape index (κ3) is 3.52. The second-order valence-corrected chi connectivity index (χ2v) is 5.30. The van der Waals surface area contributed by atoms with E-state index in [1.165, 1.54) is 29.2 Å². The van der Waals surface area contributed by atoms with E-state index in [0.29, 0.717) is 11.4 Å². The molecular formula is C17H14F2N2O4. The molecule has 1 atom stereocenters. The van der Waals surface area contributed by atoms with E-state index in [2.05, 4.69) is 4.74 Å². The number of nitrogens with zero attached hydrogens (tertiary/aromatic N) is 1. The van der Waals surface area contributed by atoms with Crippen LogP contribution in [0.2, 0.25) is 0 Å². The van der Waals surface area contributed by atoms with Crippen molar-refractivity contribution in [3.05, 3.63) is 54.1 Å². The van der Waals surface area contributed by atoms with Crippen molar-refractivity contribution in [3.63, 3.8) is 0 Å². The summed E-state index contributed by atoms with van der Waals surface area (Å²) in [5.74, 6) is -0.983. The highest BCUT2D eigenvalue weighted by atomic mass is 19.3. The second-order valence-electron chi connectivity index (χ2n) is 5.30. The molecule has 8 heteroatoms. The van der Waals surface area contributed by atoms with Gasteiger partial charge in [-0.25, -0.2) is 0 Å². The quantitative estimate of drug-likeness (QED) is 0.918. The van der Waals surface area contributed by atoms with E-state index < -0.39 is 24.5 Å². The second kappa shape index (κ2) is 6.76. The Kier molecular flexibility index (Phi) is 4.51. The molecule has 0 aliphatic carbocycles. The highest BCUT2D eigenvalue weighted by molar-refractivity contribution is 6.08. The highest BCUT2D eigenvalue weighted by Gasteiger charge is 2.33. The number of fused-ring (bicyclic) bond motifs is 1. The summed E-state index contributed by atoms with van der Waals surface area (Å²) in [4.78, 5) is 25.7. The number of amides is 2. The van der Waals surface area contributed by atoms with Gasteiger partial charge in [0.05, 0.1) is 12.2 Å². The van der Waals surface area contributed by atoms with Gasteiger partial charge in [0.2, 0.25) is 0 Å². The van der Waals surface area contributed by atoms with Crippen molar-refractivity contribution in [2.75, 3.05) is 11.4 Å². The number of nitrogens with two attached hydrogens (primary N) is 1. The van der Waals surface area contributed by atoms with Crippen molar-refractivity contribution in [2.24, 2.45) is 5.73 Å². The first-order chi connectivity index (χ1) is 12.0. The third-order valence-electron chi connectivity index (χ3n) is 3.64. The zero-order valence-electron chi connectivity index (χ0n) is 12.9. The smallest absolute Gasteiger partial charge is 0.387 e.